The third-order valence-corrected chi connectivity index (χ3v) is 3.37. The monoisotopic (exact) mass is 223 g/mol. The van der Waals surface area contributed by atoms with E-state index in [1.165, 1.54) is 12.8 Å². The van der Waals surface area contributed by atoms with E-state index in [1.807, 2.05) is 0 Å². The second-order valence-electron chi connectivity index (χ2n) is 4.81. The maximum Gasteiger partial charge on any atom is 0.226 e. The molecule has 0 saturated carbocycles. The van der Waals surface area contributed by atoms with E-state index in [4.69, 9.17) is 4.52 Å². The molecule has 2 unspecified atom stereocenters. The molecule has 0 amide bonds. The fraction of sp³-hybridized carbons (Fsp3) is 0.833. The molecule has 2 rings (SSSR count). The van der Waals surface area contributed by atoms with E-state index in [2.05, 4.69) is 29.3 Å². The summed E-state index contributed by atoms with van der Waals surface area (Å²) < 4.78 is 5.30. The molecule has 1 aromatic heterocycles. The summed E-state index contributed by atoms with van der Waals surface area (Å²) in [5.74, 6) is 2.77. The van der Waals surface area contributed by atoms with Crippen LogP contribution in [0.1, 0.15) is 50.7 Å². The molecule has 1 aromatic rings. The molecule has 0 radical (unpaired) electrons. The molecule has 0 aliphatic carbocycles. The van der Waals surface area contributed by atoms with Crippen LogP contribution < -0.4 is 5.32 Å². The molecule has 2 heterocycles. The van der Waals surface area contributed by atoms with E-state index < -0.39 is 0 Å². The van der Waals surface area contributed by atoms with Gasteiger partial charge in [0.1, 0.15) is 0 Å². The molecule has 1 aliphatic heterocycles. The molecule has 0 aromatic carbocycles. The second kappa shape index (κ2) is 5.43. The van der Waals surface area contributed by atoms with Crippen LogP contribution in [-0.4, -0.2) is 23.2 Å². The number of nitrogens with one attached hydrogen (secondary N) is 1. The van der Waals surface area contributed by atoms with Gasteiger partial charge in [0.2, 0.25) is 5.89 Å². The Morgan fingerprint density at radius 3 is 3.12 bits per heavy atom. The highest BCUT2D eigenvalue weighted by atomic mass is 16.5. The van der Waals surface area contributed by atoms with Gasteiger partial charge in [-0.3, -0.25) is 0 Å². The van der Waals surface area contributed by atoms with Crippen molar-refractivity contribution < 1.29 is 4.52 Å². The van der Waals surface area contributed by atoms with E-state index >= 15 is 0 Å². The number of nitrogens with zero attached hydrogens (tertiary/aromatic N) is 2. The molecular weight excluding hydrogens is 202 g/mol. The predicted molar refractivity (Wildman–Crippen MR) is 62.3 cm³/mol. The van der Waals surface area contributed by atoms with Crippen molar-refractivity contribution in [3.8, 4) is 0 Å². The lowest BCUT2D eigenvalue weighted by molar-refractivity contribution is 0.344. The van der Waals surface area contributed by atoms with E-state index in [0.717, 1.165) is 37.6 Å². The SMILES string of the molecule is CCC(C)Cc1nc(C2CCCNC2)no1. The first kappa shape index (κ1) is 11.6. The first-order valence-electron chi connectivity index (χ1n) is 6.32. The van der Waals surface area contributed by atoms with E-state index in [9.17, 15) is 0 Å². The Kier molecular flexibility index (Phi) is 3.93. The van der Waals surface area contributed by atoms with Crippen molar-refractivity contribution in [1.82, 2.24) is 15.5 Å². The summed E-state index contributed by atoms with van der Waals surface area (Å²) in [4.78, 5) is 4.50. The summed E-state index contributed by atoms with van der Waals surface area (Å²) in [6.45, 7) is 6.51. The number of aromatic nitrogens is 2. The zero-order valence-corrected chi connectivity index (χ0v) is 10.2. The smallest absolute Gasteiger partial charge is 0.226 e. The molecule has 1 saturated heterocycles. The highest BCUT2D eigenvalue weighted by molar-refractivity contribution is 4.98. The fourth-order valence-corrected chi connectivity index (χ4v) is 2.03. The van der Waals surface area contributed by atoms with Gasteiger partial charge in [-0.2, -0.15) is 4.98 Å². The number of hydrogen-bond donors (Lipinski definition) is 1. The summed E-state index contributed by atoms with van der Waals surface area (Å²) in [6.07, 6.45) is 4.45. The van der Waals surface area contributed by atoms with Crippen LogP contribution in [0.3, 0.4) is 0 Å². The lowest BCUT2D eigenvalue weighted by Crippen LogP contribution is -2.28. The maximum atomic E-state index is 5.30. The van der Waals surface area contributed by atoms with Gasteiger partial charge in [-0.15, -0.1) is 0 Å². The Balaban J connectivity index is 1.95. The second-order valence-corrected chi connectivity index (χ2v) is 4.81. The summed E-state index contributed by atoms with van der Waals surface area (Å²) >= 11 is 0. The van der Waals surface area contributed by atoms with Crippen molar-refractivity contribution in [2.75, 3.05) is 13.1 Å². The van der Waals surface area contributed by atoms with E-state index in [0.29, 0.717) is 11.8 Å². The molecule has 16 heavy (non-hydrogen) atoms. The molecule has 1 fully saturated rings. The topological polar surface area (TPSA) is 51.0 Å². The van der Waals surface area contributed by atoms with Crippen molar-refractivity contribution in [1.29, 1.82) is 0 Å². The van der Waals surface area contributed by atoms with Crippen LogP contribution in [0, 0.1) is 5.92 Å². The van der Waals surface area contributed by atoms with Crippen molar-refractivity contribution in [2.24, 2.45) is 5.92 Å². The van der Waals surface area contributed by atoms with Crippen LogP contribution in [0.15, 0.2) is 4.52 Å². The molecule has 0 spiro atoms. The lowest BCUT2D eigenvalue weighted by Gasteiger charge is -2.19. The molecule has 4 nitrogen and oxygen atoms in total. The minimum atomic E-state index is 0.447. The van der Waals surface area contributed by atoms with Crippen molar-refractivity contribution in [3.63, 3.8) is 0 Å². The van der Waals surface area contributed by atoms with Gasteiger partial charge < -0.3 is 9.84 Å². The van der Waals surface area contributed by atoms with Gasteiger partial charge in [-0.25, -0.2) is 0 Å². The van der Waals surface area contributed by atoms with Crippen LogP contribution in [-0.2, 0) is 6.42 Å². The zero-order chi connectivity index (χ0) is 11.4. The molecule has 0 bridgehead atoms. The summed E-state index contributed by atoms with van der Waals surface area (Å²) in [5.41, 5.74) is 0. The Morgan fingerprint density at radius 1 is 1.56 bits per heavy atom. The van der Waals surface area contributed by atoms with Gasteiger partial charge in [0, 0.05) is 18.9 Å². The van der Waals surface area contributed by atoms with Gasteiger partial charge in [0.25, 0.3) is 0 Å². The Bertz CT molecular complexity index is 318. The third-order valence-electron chi connectivity index (χ3n) is 3.37. The number of hydrogen-bond acceptors (Lipinski definition) is 4. The molecular formula is C12H21N3O. The van der Waals surface area contributed by atoms with Gasteiger partial charge in [-0.1, -0.05) is 25.4 Å². The summed E-state index contributed by atoms with van der Waals surface area (Å²) in [6, 6.07) is 0. The first-order valence-corrected chi connectivity index (χ1v) is 6.32. The van der Waals surface area contributed by atoms with Crippen LogP contribution in [0.25, 0.3) is 0 Å². The highest BCUT2D eigenvalue weighted by Crippen LogP contribution is 2.21. The molecule has 4 heteroatoms. The van der Waals surface area contributed by atoms with Gasteiger partial charge in [0.05, 0.1) is 0 Å². The van der Waals surface area contributed by atoms with Crippen LogP contribution >= 0.6 is 0 Å². The quantitative estimate of drug-likeness (QED) is 0.849. The lowest BCUT2D eigenvalue weighted by atomic mass is 9.99. The van der Waals surface area contributed by atoms with Crippen LogP contribution in [0.4, 0.5) is 0 Å². The van der Waals surface area contributed by atoms with Crippen LogP contribution in [0.2, 0.25) is 0 Å². The predicted octanol–water partition coefficient (Wildman–Crippen LogP) is 2.13. The van der Waals surface area contributed by atoms with Crippen LogP contribution in [0.5, 0.6) is 0 Å². The Labute approximate surface area is 96.8 Å². The van der Waals surface area contributed by atoms with E-state index in [1.54, 1.807) is 0 Å². The molecule has 90 valence electrons. The minimum Gasteiger partial charge on any atom is -0.339 e. The zero-order valence-electron chi connectivity index (χ0n) is 10.2. The maximum absolute atomic E-state index is 5.30. The molecule has 2 atom stereocenters. The molecule has 1 aliphatic rings. The van der Waals surface area contributed by atoms with Gasteiger partial charge in [-0.05, 0) is 25.3 Å². The van der Waals surface area contributed by atoms with Gasteiger partial charge >= 0.3 is 0 Å². The van der Waals surface area contributed by atoms with Gasteiger partial charge in [0.15, 0.2) is 5.82 Å². The highest BCUT2D eigenvalue weighted by Gasteiger charge is 2.20. The standard InChI is InChI=1S/C12H21N3O/c1-3-9(2)7-11-14-12(15-16-11)10-5-4-6-13-8-10/h9-10,13H,3-8H2,1-2H3. The first-order chi connectivity index (χ1) is 7.79. The normalized spacial score (nSPS) is 23.2. The minimum absolute atomic E-state index is 0.447. The fourth-order valence-electron chi connectivity index (χ4n) is 2.03. The average molecular weight is 223 g/mol. The largest absolute Gasteiger partial charge is 0.339 e. The number of piperidine rings is 1. The van der Waals surface area contributed by atoms with Crippen molar-refractivity contribution in [3.05, 3.63) is 11.7 Å². The van der Waals surface area contributed by atoms with Crippen molar-refractivity contribution in [2.45, 2.75) is 45.4 Å². The summed E-state index contributed by atoms with van der Waals surface area (Å²) in [7, 11) is 0. The van der Waals surface area contributed by atoms with E-state index in [-0.39, 0.29) is 0 Å². The Morgan fingerprint density at radius 2 is 2.44 bits per heavy atom. The third kappa shape index (κ3) is 2.82. The average Bonchev–Trinajstić information content (AvgIpc) is 2.78. The molecule has 1 N–H and O–H groups in total. The number of rotatable bonds is 4. The van der Waals surface area contributed by atoms with Crippen molar-refractivity contribution >= 4 is 0 Å². The summed E-state index contributed by atoms with van der Waals surface area (Å²) in [5, 5.41) is 7.47. The Hall–Kier alpha value is -0.900.